The van der Waals surface area contributed by atoms with Crippen LogP contribution in [-0.4, -0.2) is 24.2 Å². The summed E-state index contributed by atoms with van der Waals surface area (Å²) in [5.74, 6) is 0. The van der Waals surface area contributed by atoms with Crippen LogP contribution in [0.25, 0.3) is 0 Å². The van der Waals surface area contributed by atoms with Crippen molar-refractivity contribution in [2.75, 3.05) is 13.2 Å². The predicted molar refractivity (Wildman–Crippen MR) is 61.7 cm³/mol. The number of hydrogen-bond donors (Lipinski definition) is 1. The van der Waals surface area contributed by atoms with E-state index in [-0.39, 0.29) is 0 Å². The van der Waals surface area contributed by atoms with Crippen LogP contribution in [0.5, 0.6) is 0 Å². The summed E-state index contributed by atoms with van der Waals surface area (Å²) in [4.78, 5) is 4.09. The van der Waals surface area contributed by atoms with Crippen molar-refractivity contribution in [2.45, 2.75) is 32.9 Å². The van der Waals surface area contributed by atoms with Crippen molar-refractivity contribution in [3.63, 3.8) is 0 Å². The standard InChI is InChI=1S/C12H20N2O/c1-10(2)15-8-7-14-11(3)12-5-4-6-13-9-12/h4-6,9-11,14H,7-8H2,1-3H3/t11-/m0/s1. The van der Waals surface area contributed by atoms with E-state index in [2.05, 4.69) is 23.3 Å². The maximum atomic E-state index is 5.45. The molecule has 0 aliphatic heterocycles. The van der Waals surface area contributed by atoms with Crippen LogP contribution < -0.4 is 5.32 Å². The molecule has 84 valence electrons. The van der Waals surface area contributed by atoms with Crippen LogP contribution in [0.1, 0.15) is 32.4 Å². The molecule has 0 bridgehead atoms. The molecule has 15 heavy (non-hydrogen) atoms. The quantitative estimate of drug-likeness (QED) is 0.727. The van der Waals surface area contributed by atoms with E-state index in [1.165, 1.54) is 5.56 Å². The minimum atomic E-state index is 0.306. The fourth-order valence-corrected chi connectivity index (χ4v) is 1.32. The van der Waals surface area contributed by atoms with Gasteiger partial charge in [-0.05, 0) is 32.4 Å². The number of nitrogens with zero attached hydrogens (tertiary/aromatic N) is 1. The molecule has 1 atom stereocenters. The lowest BCUT2D eigenvalue weighted by Gasteiger charge is -2.14. The van der Waals surface area contributed by atoms with Crippen molar-refractivity contribution in [2.24, 2.45) is 0 Å². The summed E-state index contributed by atoms with van der Waals surface area (Å²) in [6.45, 7) is 7.85. The van der Waals surface area contributed by atoms with Crippen LogP contribution in [0.3, 0.4) is 0 Å². The Morgan fingerprint density at radius 2 is 2.20 bits per heavy atom. The topological polar surface area (TPSA) is 34.1 Å². The first-order chi connectivity index (χ1) is 7.20. The summed E-state index contributed by atoms with van der Waals surface area (Å²) in [7, 11) is 0. The Hall–Kier alpha value is -0.930. The van der Waals surface area contributed by atoms with Crippen molar-refractivity contribution in [1.29, 1.82) is 0 Å². The van der Waals surface area contributed by atoms with Gasteiger partial charge in [0.1, 0.15) is 0 Å². The van der Waals surface area contributed by atoms with E-state index in [0.717, 1.165) is 13.2 Å². The molecular weight excluding hydrogens is 188 g/mol. The van der Waals surface area contributed by atoms with Gasteiger partial charge < -0.3 is 10.1 Å². The molecule has 0 radical (unpaired) electrons. The Morgan fingerprint density at radius 3 is 2.80 bits per heavy atom. The molecule has 0 saturated carbocycles. The SMILES string of the molecule is CC(C)OCCN[C@@H](C)c1cccnc1. The molecule has 0 fully saturated rings. The Morgan fingerprint density at radius 1 is 1.40 bits per heavy atom. The highest BCUT2D eigenvalue weighted by atomic mass is 16.5. The number of rotatable bonds is 6. The molecule has 0 spiro atoms. The molecule has 0 amide bonds. The van der Waals surface area contributed by atoms with Gasteiger partial charge in [-0.2, -0.15) is 0 Å². The van der Waals surface area contributed by atoms with Gasteiger partial charge in [-0.3, -0.25) is 4.98 Å². The number of pyridine rings is 1. The lowest BCUT2D eigenvalue weighted by molar-refractivity contribution is 0.0796. The maximum Gasteiger partial charge on any atom is 0.0594 e. The Bertz CT molecular complexity index is 262. The third-order valence-electron chi connectivity index (χ3n) is 2.19. The van der Waals surface area contributed by atoms with Crippen molar-refractivity contribution < 1.29 is 4.74 Å². The van der Waals surface area contributed by atoms with E-state index >= 15 is 0 Å². The molecule has 1 rings (SSSR count). The first-order valence-corrected chi connectivity index (χ1v) is 5.45. The molecule has 0 aliphatic rings. The molecule has 0 aromatic carbocycles. The number of hydrogen-bond acceptors (Lipinski definition) is 3. The van der Waals surface area contributed by atoms with Gasteiger partial charge in [-0.15, -0.1) is 0 Å². The fourth-order valence-electron chi connectivity index (χ4n) is 1.32. The summed E-state index contributed by atoms with van der Waals surface area (Å²) >= 11 is 0. The molecule has 1 N–H and O–H groups in total. The van der Waals surface area contributed by atoms with Crippen LogP contribution in [-0.2, 0) is 4.74 Å². The second kappa shape index (κ2) is 6.53. The van der Waals surface area contributed by atoms with Crippen LogP contribution in [0.4, 0.5) is 0 Å². The highest BCUT2D eigenvalue weighted by Gasteiger charge is 2.03. The Kier molecular flexibility index (Phi) is 5.29. The molecule has 0 unspecified atom stereocenters. The van der Waals surface area contributed by atoms with Gasteiger partial charge in [0.2, 0.25) is 0 Å². The molecule has 1 heterocycles. The zero-order chi connectivity index (χ0) is 11.1. The van der Waals surface area contributed by atoms with Gasteiger partial charge in [0.15, 0.2) is 0 Å². The van der Waals surface area contributed by atoms with Crippen molar-refractivity contribution >= 4 is 0 Å². The fraction of sp³-hybridized carbons (Fsp3) is 0.583. The van der Waals surface area contributed by atoms with Crippen LogP contribution in [0, 0.1) is 0 Å². The molecular formula is C12H20N2O. The average molecular weight is 208 g/mol. The number of ether oxygens (including phenoxy) is 1. The number of nitrogens with one attached hydrogen (secondary N) is 1. The van der Waals surface area contributed by atoms with Gasteiger partial charge >= 0.3 is 0 Å². The molecule has 1 aromatic heterocycles. The van der Waals surface area contributed by atoms with Crippen molar-refractivity contribution in [1.82, 2.24) is 10.3 Å². The van der Waals surface area contributed by atoms with E-state index in [0.29, 0.717) is 12.1 Å². The Labute approximate surface area is 91.9 Å². The Balaban J connectivity index is 2.22. The van der Waals surface area contributed by atoms with E-state index in [1.807, 2.05) is 26.1 Å². The summed E-state index contributed by atoms with van der Waals surface area (Å²) in [5, 5.41) is 3.39. The average Bonchev–Trinajstić information content (AvgIpc) is 2.25. The summed E-state index contributed by atoms with van der Waals surface area (Å²) < 4.78 is 5.45. The van der Waals surface area contributed by atoms with Gasteiger partial charge in [-0.1, -0.05) is 6.07 Å². The summed E-state index contributed by atoms with van der Waals surface area (Å²) in [6.07, 6.45) is 3.99. The lowest BCUT2D eigenvalue weighted by atomic mass is 10.1. The second-order valence-corrected chi connectivity index (χ2v) is 3.88. The van der Waals surface area contributed by atoms with Gasteiger partial charge in [0.25, 0.3) is 0 Å². The lowest BCUT2D eigenvalue weighted by Crippen LogP contribution is -2.24. The smallest absolute Gasteiger partial charge is 0.0594 e. The molecule has 1 aromatic rings. The number of aromatic nitrogens is 1. The minimum Gasteiger partial charge on any atom is -0.377 e. The minimum absolute atomic E-state index is 0.306. The van der Waals surface area contributed by atoms with Gasteiger partial charge in [0, 0.05) is 25.0 Å². The van der Waals surface area contributed by atoms with Crippen molar-refractivity contribution in [3.8, 4) is 0 Å². The first kappa shape index (κ1) is 12.1. The summed E-state index contributed by atoms with van der Waals surface area (Å²) in [5.41, 5.74) is 1.21. The highest BCUT2D eigenvalue weighted by molar-refractivity contribution is 5.12. The normalized spacial score (nSPS) is 13.1. The molecule has 3 nitrogen and oxygen atoms in total. The van der Waals surface area contributed by atoms with Gasteiger partial charge in [0.05, 0.1) is 12.7 Å². The largest absolute Gasteiger partial charge is 0.377 e. The van der Waals surface area contributed by atoms with Crippen LogP contribution in [0.2, 0.25) is 0 Å². The van der Waals surface area contributed by atoms with Crippen LogP contribution in [0.15, 0.2) is 24.5 Å². The van der Waals surface area contributed by atoms with Crippen molar-refractivity contribution in [3.05, 3.63) is 30.1 Å². The molecule has 0 aliphatic carbocycles. The van der Waals surface area contributed by atoms with E-state index in [1.54, 1.807) is 6.20 Å². The maximum absolute atomic E-state index is 5.45. The van der Waals surface area contributed by atoms with Crippen LogP contribution >= 0.6 is 0 Å². The second-order valence-electron chi connectivity index (χ2n) is 3.88. The molecule has 3 heteroatoms. The summed E-state index contributed by atoms with van der Waals surface area (Å²) in [6, 6.07) is 4.36. The van der Waals surface area contributed by atoms with E-state index in [4.69, 9.17) is 4.74 Å². The third kappa shape index (κ3) is 4.91. The predicted octanol–water partition coefficient (Wildman–Crippen LogP) is 2.16. The zero-order valence-corrected chi connectivity index (χ0v) is 9.73. The van der Waals surface area contributed by atoms with E-state index < -0.39 is 0 Å². The first-order valence-electron chi connectivity index (χ1n) is 5.45. The zero-order valence-electron chi connectivity index (χ0n) is 9.73. The van der Waals surface area contributed by atoms with E-state index in [9.17, 15) is 0 Å². The van der Waals surface area contributed by atoms with Gasteiger partial charge in [-0.25, -0.2) is 0 Å². The highest BCUT2D eigenvalue weighted by Crippen LogP contribution is 2.08. The monoisotopic (exact) mass is 208 g/mol. The third-order valence-corrected chi connectivity index (χ3v) is 2.19. The molecule has 0 saturated heterocycles.